The van der Waals surface area contributed by atoms with Crippen LogP contribution in [0.1, 0.15) is 49.9 Å². The summed E-state index contributed by atoms with van der Waals surface area (Å²) in [5, 5.41) is 3.46. The number of nitrogens with zero attached hydrogens (tertiary/aromatic N) is 3. The van der Waals surface area contributed by atoms with E-state index in [9.17, 15) is 4.91 Å². The lowest BCUT2D eigenvalue weighted by molar-refractivity contribution is 0.631. The van der Waals surface area contributed by atoms with Crippen molar-refractivity contribution in [2.45, 2.75) is 38.5 Å². The van der Waals surface area contributed by atoms with Crippen LogP contribution in [-0.2, 0) is 10.8 Å². The van der Waals surface area contributed by atoms with Gasteiger partial charge >= 0.3 is 0 Å². The van der Waals surface area contributed by atoms with Gasteiger partial charge in [0.25, 0.3) is 0 Å². The van der Waals surface area contributed by atoms with Crippen molar-refractivity contribution in [2.75, 3.05) is 9.80 Å². The minimum atomic E-state index is -0.163. The molecule has 7 rings (SSSR count). The van der Waals surface area contributed by atoms with Gasteiger partial charge in [-0.1, -0.05) is 100 Å². The molecule has 4 heteroatoms. The summed E-state index contributed by atoms with van der Waals surface area (Å²) in [5.74, 6) is 0. The molecule has 0 N–H and O–H groups in total. The number of fused-ring (bicyclic) bond motifs is 4. The Labute approximate surface area is 235 Å². The van der Waals surface area contributed by atoms with Crippen LogP contribution >= 0.6 is 0 Å². The van der Waals surface area contributed by atoms with Gasteiger partial charge in [0.05, 0.1) is 34.1 Å². The third kappa shape index (κ3) is 3.39. The van der Waals surface area contributed by atoms with Crippen molar-refractivity contribution < 1.29 is 0 Å². The molecule has 0 spiro atoms. The molecule has 0 unspecified atom stereocenters. The Morgan fingerprint density at radius 2 is 0.775 bits per heavy atom. The van der Waals surface area contributed by atoms with Crippen LogP contribution in [-0.4, -0.2) is 0 Å². The van der Waals surface area contributed by atoms with Gasteiger partial charge in [0, 0.05) is 10.8 Å². The molecule has 0 fully saturated rings. The van der Waals surface area contributed by atoms with Crippen LogP contribution in [0.25, 0.3) is 0 Å². The molecule has 2 heterocycles. The lowest BCUT2D eigenvalue weighted by atomic mass is 9.73. The Hall–Kier alpha value is -4.70. The third-order valence-electron chi connectivity index (χ3n) is 8.78. The van der Waals surface area contributed by atoms with Gasteiger partial charge < -0.3 is 9.80 Å². The first-order valence-electron chi connectivity index (χ1n) is 13.8. The summed E-state index contributed by atoms with van der Waals surface area (Å²) in [6.45, 7) is 9.11. The highest BCUT2D eigenvalue weighted by atomic mass is 16.3. The van der Waals surface area contributed by atoms with Crippen LogP contribution in [0.3, 0.4) is 0 Å². The number of benzene rings is 5. The van der Waals surface area contributed by atoms with Gasteiger partial charge in [-0.15, -0.1) is 4.91 Å². The molecule has 0 atom stereocenters. The van der Waals surface area contributed by atoms with Gasteiger partial charge in [-0.3, -0.25) is 0 Å². The largest absolute Gasteiger partial charge is 0.310 e. The molecule has 2 aliphatic heterocycles. The van der Waals surface area contributed by atoms with Gasteiger partial charge in [-0.2, -0.15) is 0 Å². The van der Waals surface area contributed by atoms with E-state index >= 15 is 0 Å². The SMILES string of the molecule is CC1(C)c2ccccc2N(c2cc(N=O)cc(N3c4ccccc4C(C)(C)c4ccccc43)c2)c2ccccc21. The molecule has 40 heavy (non-hydrogen) atoms. The minimum Gasteiger partial charge on any atom is -0.310 e. The van der Waals surface area contributed by atoms with Crippen molar-refractivity contribution in [3.05, 3.63) is 142 Å². The van der Waals surface area contributed by atoms with E-state index in [2.05, 4.69) is 146 Å². The van der Waals surface area contributed by atoms with E-state index in [1.165, 1.54) is 22.3 Å². The van der Waals surface area contributed by atoms with Gasteiger partial charge in [-0.25, -0.2) is 0 Å². The Bertz CT molecular complexity index is 1580. The van der Waals surface area contributed by atoms with E-state index in [-0.39, 0.29) is 10.8 Å². The van der Waals surface area contributed by atoms with E-state index in [1.807, 2.05) is 12.1 Å². The Morgan fingerprint density at radius 3 is 1.07 bits per heavy atom. The number of nitroso groups, excluding NO2 is 1. The minimum absolute atomic E-state index is 0.163. The normalized spacial score (nSPS) is 15.9. The maximum atomic E-state index is 12.2. The highest BCUT2D eigenvalue weighted by Crippen LogP contribution is 2.55. The molecular weight excluding hydrogens is 490 g/mol. The summed E-state index contributed by atoms with van der Waals surface area (Å²) in [5.41, 5.74) is 11.3. The molecule has 0 amide bonds. The van der Waals surface area contributed by atoms with Gasteiger partial charge in [0.1, 0.15) is 5.69 Å². The molecule has 2 aliphatic rings. The van der Waals surface area contributed by atoms with Crippen molar-refractivity contribution in [3.8, 4) is 0 Å². The molecule has 0 aromatic heterocycles. The van der Waals surface area contributed by atoms with Crippen LogP contribution < -0.4 is 9.80 Å². The monoisotopic (exact) mass is 521 g/mol. The van der Waals surface area contributed by atoms with Crippen molar-refractivity contribution >= 4 is 39.8 Å². The summed E-state index contributed by atoms with van der Waals surface area (Å²) in [6, 6.07) is 40.2. The van der Waals surface area contributed by atoms with Crippen LogP contribution in [0, 0.1) is 4.91 Å². The molecule has 0 saturated heterocycles. The maximum Gasteiger partial charge on any atom is 0.112 e. The summed E-state index contributed by atoms with van der Waals surface area (Å²) in [4.78, 5) is 16.7. The number of hydrogen-bond acceptors (Lipinski definition) is 4. The summed E-state index contributed by atoms with van der Waals surface area (Å²) in [6.07, 6.45) is 0. The standard InChI is InChI=1S/C36H31N3O/c1-35(2)27-13-5-9-17-31(27)38(32-18-10-6-14-28(32)35)25-21-24(37-40)22-26(23-25)39-33-19-11-7-15-29(33)36(3,4)30-16-8-12-20-34(30)39/h5-23H,1-4H3. The first-order chi connectivity index (χ1) is 19.3. The Morgan fingerprint density at radius 1 is 0.475 bits per heavy atom. The molecule has 0 radical (unpaired) electrons. The van der Waals surface area contributed by atoms with Crippen LogP contribution in [0.2, 0.25) is 0 Å². The topological polar surface area (TPSA) is 35.9 Å². The zero-order valence-corrected chi connectivity index (χ0v) is 23.2. The fourth-order valence-electron chi connectivity index (χ4n) is 6.79. The van der Waals surface area contributed by atoms with Gasteiger partial charge in [0.2, 0.25) is 0 Å². The molecule has 5 aromatic rings. The van der Waals surface area contributed by atoms with Crippen LogP contribution in [0.15, 0.2) is 120 Å². The average molecular weight is 522 g/mol. The van der Waals surface area contributed by atoms with Crippen molar-refractivity contribution in [2.24, 2.45) is 5.18 Å². The molecule has 0 bridgehead atoms. The molecule has 0 saturated carbocycles. The number of anilines is 6. The molecule has 0 aliphatic carbocycles. The van der Waals surface area contributed by atoms with E-state index in [4.69, 9.17) is 0 Å². The molecular formula is C36H31N3O. The average Bonchev–Trinajstić information content (AvgIpc) is 2.98. The second kappa shape index (κ2) is 8.65. The predicted molar refractivity (Wildman–Crippen MR) is 166 cm³/mol. The Balaban J connectivity index is 1.49. The molecule has 196 valence electrons. The van der Waals surface area contributed by atoms with E-state index in [0.717, 1.165) is 34.1 Å². The Kier molecular flexibility index (Phi) is 5.27. The van der Waals surface area contributed by atoms with Crippen molar-refractivity contribution in [1.82, 2.24) is 0 Å². The predicted octanol–water partition coefficient (Wildman–Crippen LogP) is 10.3. The summed E-state index contributed by atoms with van der Waals surface area (Å²) >= 11 is 0. The number of rotatable bonds is 3. The van der Waals surface area contributed by atoms with Crippen molar-refractivity contribution in [3.63, 3.8) is 0 Å². The van der Waals surface area contributed by atoms with E-state index in [0.29, 0.717) is 5.69 Å². The van der Waals surface area contributed by atoms with Crippen molar-refractivity contribution in [1.29, 1.82) is 0 Å². The summed E-state index contributed by atoms with van der Waals surface area (Å²) in [7, 11) is 0. The highest BCUT2D eigenvalue weighted by Gasteiger charge is 2.38. The van der Waals surface area contributed by atoms with E-state index < -0.39 is 0 Å². The highest BCUT2D eigenvalue weighted by molar-refractivity contribution is 5.91. The fourth-order valence-corrected chi connectivity index (χ4v) is 6.79. The van der Waals surface area contributed by atoms with Gasteiger partial charge in [-0.05, 0) is 69.9 Å². The second-order valence-corrected chi connectivity index (χ2v) is 11.8. The van der Waals surface area contributed by atoms with Gasteiger partial charge in [0.15, 0.2) is 0 Å². The smallest absolute Gasteiger partial charge is 0.112 e. The molecule has 5 aromatic carbocycles. The molecule has 4 nitrogen and oxygen atoms in total. The lowest BCUT2D eigenvalue weighted by Gasteiger charge is -2.43. The first kappa shape index (κ1) is 24.3. The zero-order chi connectivity index (χ0) is 27.6. The van der Waals surface area contributed by atoms with Crippen LogP contribution in [0.4, 0.5) is 39.8 Å². The number of hydrogen-bond donors (Lipinski definition) is 0. The first-order valence-corrected chi connectivity index (χ1v) is 13.8. The number of para-hydroxylation sites is 4. The lowest BCUT2D eigenvalue weighted by Crippen LogP contribution is -2.31. The zero-order valence-electron chi connectivity index (χ0n) is 23.2. The van der Waals surface area contributed by atoms with E-state index in [1.54, 1.807) is 0 Å². The third-order valence-corrected chi connectivity index (χ3v) is 8.78. The van der Waals surface area contributed by atoms with Crippen LogP contribution in [0.5, 0.6) is 0 Å². The summed E-state index contributed by atoms with van der Waals surface area (Å²) < 4.78 is 0. The maximum absolute atomic E-state index is 12.2. The second-order valence-electron chi connectivity index (χ2n) is 11.8. The fraction of sp³-hybridized carbons (Fsp3) is 0.167. The quantitative estimate of drug-likeness (QED) is 0.222.